The van der Waals surface area contributed by atoms with Crippen molar-refractivity contribution in [1.82, 2.24) is 10.2 Å². The van der Waals surface area contributed by atoms with Gasteiger partial charge in [0.25, 0.3) is 11.5 Å². The monoisotopic (exact) mass is 489 g/mol. The first-order chi connectivity index (χ1) is 15.5. The number of carbonyl (C=O) groups excluding carboxylic acids is 1. The molecular weight excluding hydrogens is 474 g/mol. The maximum atomic E-state index is 13.3. The van der Waals surface area contributed by atoms with Gasteiger partial charge in [0.15, 0.2) is 0 Å². The van der Waals surface area contributed by atoms with Crippen molar-refractivity contribution >= 4 is 33.5 Å². The molecule has 3 N–H and O–H groups in total. The largest absolute Gasteiger partial charge is 0.478 e. The zero-order valence-electron chi connectivity index (χ0n) is 16.5. The number of hydrogen-bond donors (Lipinski definition) is 3. The molecule has 4 aromatic rings. The summed E-state index contributed by atoms with van der Waals surface area (Å²) in [7, 11) is 0. The number of hydrogen-bond acceptors (Lipinski definition) is 4. The molecule has 0 aliphatic rings. The fraction of sp³-hybridized carbons (Fsp3) is 0. The summed E-state index contributed by atoms with van der Waals surface area (Å²) in [5, 5.41) is 18.7. The number of carboxylic acid groups (broad SMARTS) is 1. The Morgan fingerprint density at radius 3 is 2.16 bits per heavy atom. The SMILES string of the molecule is O=C(O)c1cc(Br)ccc1NC(=O)c1c(-c2ccccc2)c(-c2ccccc2)n[nH]c1=O. The van der Waals surface area contributed by atoms with E-state index in [-0.39, 0.29) is 16.8 Å². The Kier molecular flexibility index (Phi) is 5.96. The Labute approximate surface area is 190 Å². The van der Waals surface area contributed by atoms with Gasteiger partial charge in [-0.3, -0.25) is 9.59 Å². The summed E-state index contributed by atoms with van der Waals surface area (Å²) in [6.07, 6.45) is 0. The maximum absolute atomic E-state index is 13.3. The number of carboxylic acids is 1. The Morgan fingerprint density at radius 2 is 1.53 bits per heavy atom. The first-order valence-corrected chi connectivity index (χ1v) is 10.3. The van der Waals surface area contributed by atoms with Gasteiger partial charge in [0, 0.05) is 15.6 Å². The van der Waals surface area contributed by atoms with Crippen molar-refractivity contribution in [3.05, 3.63) is 105 Å². The number of anilines is 1. The van der Waals surface area contributed by atoms with E-state index in [0.29, 0.717) is 26.9 Å². The number of H-pyrrole nitrogens is 1. The molecule has 0 atom stereocenters. The van der Waals surface area contributed by atoms with Gasteiger partial charge in [0.1, 0.15) is 5.56 Å². The first-order valence-electron chi connectivity index (χ1n) is 9.53. The van der Waals surface area contributed by atoms with Crippen LogP contribution in [0.1, 0.15) is 20.7 Å². The molecule has 3 aromatic carbocycles. The molecular formula is C24H16BrN3O4. The van der Waals surface area contributed by atoms with Crippen LogP contribution in [0.3, 0.4) is 0 Å². The van der Waals surface area contributed by atoms with Crippen LogP contribution < -0.4 is 10.9 Å². The second-order valence-corrected chi connectivity index (χ2v) is 7.75. The third kappa shape index (κ3) is 4.21. The lowest BCUT2D eigenvalue weighted by atomic mass is 9.95. The number of benzene rings is 3. The number of aromatic nitrogens is 2. The highest BCUT2D eigenvalue weighted by molar-refractivity contribution is 9.10. The van der Waals surface area contributed by atoms with E-state index >= 15 is 0 Å². The lowest BCUT2D eigenvalue weighted by Crippen LogP contribution is -2.26. The molecule has 7 nitrogen and oxygen atoms in total. The van der Waals surface area contributed by atoms with Gasteiger partial charge in [-0.1, -0.05) is 76.6 Å². The molecule has 0 radical (unpaired) electrons. The third-order valence-corrected chi connectivity index (χ3v) is 5.27. The predicted molar refractivity (Wildman–Crippen MR) is 125 cm³/mol. The van der Waals surface area contributed by atoms with Crippen molar-refractivity contribution in [3.63, 3.8) is 0 Å². The zero-order chi connectivity index (χ0) is 22.7. The summed E-state index contributed by atoms with van der Waals surface area (Å²) in [6.45, 7) is 0. The van der Waals surface area contributed by atoms with Crippen LogP contribution in [0.2, 0.25) is 0 Å². The molecule has 0 bridgehead atoms. The Bertz CT molecular complexity index is 1370. The van der Waals surface area contributed by atoms with Crippen LogP contribution in [0.5, 0.6) is 0 Å². The van der Waals surface area contributed by atoms with Crippen molar-refractivity contribution in [1.29, 1.82) is 0 Å². The van der Waals surface area contributed by atoms with Gasteiger partial charge in [-0.15, -0.1) is 0 Å². The number of carbonyl (C=O) groups is 2. The number of nitrogens with zero attached hydrogens (tertiary/aromatic N) is 1. The Morgan fingerprint density at radius 1 is 0.906 bits per heavy atom. The van der Waals surface area contributed by atoms with Gasteiger partial charge in [-0.2, -0.15) is 5.10 Å². The van der Waals surface area contributed by atoms with Crippen LogP contribution in [-0.4, -0.2) is 27.2 Å². The maximum Gasteiger partial charge on any atom is 0.337 e. The summed E-state index contributed by atoms with van der Waals surface area (Å²) >= 11 is 3.23. The summed E-state index contributed by atoms with van der Waals surface area (Å²) < 4.78 is 0.547. The number of aromatic carboxylic acids is 1. The van der Waals surface area contributed by atoms with Gasteiger partial charge < -0.3 is 10.4 Å². The van der Waals surface area contributed by atoms with E-state index in [4.69, 9.17) is 0 Å². The quantitative estimate of drug-likeness (QED) is 0.372. The molecule has 0 saturated heterocycles. The highest BCUT2D eigenvalue weighted by Crippen LogP contribution is 2.32. The lowest BCUT2D eigenvalue weighted by Gasteiger charge is -2.14. The topological polar surface area (TPSA) is 112 Å². The lowest BCUT2D eigenvalue weighted by molar-refractivity contribution is 0.0698. The van der Waals surface area contributed by atoms with E-state index in [0.717, 1.165) is 0 Å². The minimum absolute atomic E-state index is 0.0715. The molecule has 158 valence electrons. The van der Waals surface area contributed by atoms with Gasteiger partial charge in [0.2, 0.25) is 0 Å². The second-order valence-electron chi connectivity index (χ2n) is 6.83. The van der Waals surface area contributed by atoms with Crippen LogP contribution in [-0.2, 0) is 0 Å². The highest BCUT2D eigenvalue weighted by Gasteiger charge is 2.24. The van der Waals surface area contributed by atoms with E-state index in [9.17, 15) is 19.5 Å². The molecule has 1 aromatic heterocycles. The van der Waals surface area contributed by atoms with Crippen LogP contribution in [0.25, 0.3) is 22.4 Å². The van der Waals surface area contributed by atoms with Gasteiger partial charge in [0.05, 0.1) is 16.9 Å². The fourth-order valence-corrected chi connectivity index (χ4v) is 3.71. The number of aromatic amines is 1. The molecule has 0 saturated carbocycles. The molecule has 32 heavy (non-hydrogen) atoms. The summed E-state index contributed by atoms with van der Waals surface area (Å²) in [5.41, 5.74) is 1.24. The average Bonchev–Trinajstić information content (AvgIpc) is 2.81. The Hall–Kier alpha value is -4.04. The second kappa shape index (κ2) is 8.99. The van der Waals surface area contributed by atoms with Crippen molar-refractivity contribution in [3.8, 4) is 22.4 Å². The number of nitrogens with one attached hydrogen (secondary N) is 2. The summed E-state index contributed by atoms with van der Waals surface area (Å²) in [5.74, 6) is -1.95. The first kappa shape index (κ1) is 21.2. The van der Waals surface area contributed by atoms with Crippen LogP contribution in [0.4, 0.5) is 5.69 Å². The third-order valence-electron chi connectivity index (χ3n) is 4.78. The van der Waals surface area contributed by atoms with Crippen LogP contribution in [0.15, 0.2) is 88.1 Å². The highest BCUT2D eigenvalue weighted by atomic mass is 79.9. The van der Waals surface area contributed by atoms with E-state index < -0.39 is 17.4 Å². The molecule has 4 rings (SSSR count). The van der Waals surface area contributed by atoms with Gasteiger partial charge in [-0.05, 0) is 23.8 Å². The molecule has 1 heterocycles. The average molecular weight is 490 g/mol. The molecule has 0 aliphatic carbocycles. The normalized spacial score (nSPS) is 10.5. The van der Waals surface area contributed by atoms with Crippen molar-refractivity contribution in [2.75, 3.05) is 5.32 Å². The molecule has 1 amide bonds. The van der Waals surface area contributed by atoms with Crippen molar-refractivity contribution < 1.29 is 14.7 Å². The zero-order valence-corrected chi connectivity index (χ0v) is 18.1. The van der Waals surface area contributed by atoms with Crippen LogP contribution in [0, 0.1) is 0 Å². The van der Waals surface area contributed by atoms with Crippen molar-refractivity contribution in [2.24, 2.45) is 0 Å². The molecule has 0 unspecified atom stereocenters. The van der Waals surface area contributed by atoms with Crippen molar-refractivity contribution in [2.45, 2.75) is 0 Å². The molecule has 0 fully saturated rings. The minimum atomic E-state index is -1.21. The van der Waals surface area contributed by atoms with Gasteiger partial charge >= 0.3 is 5.97 Å². The summed E-state index contributed by atoms with van der Waals surface area (Å²) in [6, 6.07) is 22.6. The molecule has 0 aliphatic heterocycles. The van der Waals surface area contributed by atoms with E-state index in [1.807, 2.05) is 36.4 Å². The number of rotatable bonds is 5. The number of halogens is 1. The van der Waals surface area contributed by atoms with E-state index in [2.05, 4.69) is 31.4 Å². The standard InChI is InChI=1S/C24H16BrN3O4/c25-16-11-12-18(17(13-16)24(31)32)26-22(29)20-19(14-7-3-1-4-8-14)21(27-28-23(20)30)15-9-5-2-6-10-15/h1-13H,(H,26,29)(H,28,30)(H,31,32). The number of amides is 1. The van der Waals surface area contributed by atoms with Crippen LogP contribution >= 0.6 is 15.9 Å². The molecule has 8 heteroatoms. The Balaban J connectivity index is 1.91. The molecule has 0 spiro atoms. The smallest absolute Gasteiger partial charge is 0.337 e. The summed E-state index contributed by atoms with van der Waals surface area (Å²) in [4.78, 5) is 37.7. The van der Waals surface area contributed by atoms with Gasteiger partial charge in [-0.25, -0.2) is 9.89 Å². The minimum Gasteiger partial charge on any atom is -0.478 e. The fourth-order valence-electron chi connectivity index (χ4n) is 3.35. The predicted octanol–water partition coefficient (Wildman–Crippen LogP) is 4.82. The van der Waals surface area contributed by atoms with E-state index in [1.54, 1.807) is 30.3 Å². The van der Waals surface area contributed by atoms with E-state index in [1.165, 1.54) is 12.1 Å².